The van der Waals surface area contributed by atoms with E-state index in [1.807, 2.05) is 0 Å². The van der Waals surface area contributed by atoms with E-state index in [9.17, 15) is 0 Å². The van der Waals surface area contributed by atoms with Gasteiger partial charge in [-0.25, -0.2) is 0 Å². The Bertz CT molecular complexity index is 119. The third-order valence-corrected chi connectivity index (χ3v) is 3.34. The van der Waals surface area contributed by atoms with Gasteiger partial charge in [0.15, 0.2) is 0 Å². The molecule has 0 radical (unpaired) electrons. The van der Waals surface area contributed by atoms with Crippen LogP contribution in [0.3, 0.4) is 0 Å². The highest BCUT2D eigenvalue weighted by molar-refractivity contribution is 7.97. The summed E-state index contributed by atoms with van der Waals surface area (Å²) < 4.78 is 0. The molecular weight excluding hydrogens is 144 g/mol. The molecule has 0 spiro atoms. The fraction of sp³-hybridized carbons (Fsp3) is 1.00. The molecule has 3 heteroatoms. The van der Waals surface area contributed by atoms with E-state index in [0.717, 1.165) is 11.3 Å². The summed E-state index contributed by atoms with van der Waals surface area (Å²) in [5.74, 6) is 0. The first-order valence-corrected chi connectivity index (χ1v) is 4.94. The maximum Gasteiger partial charge on any atom is 0.0445 e. The Morgan fingerprint density at radius 1 is 1.30 bits per heavy atom. The van der Waals surface area contributed by atoms with E-state index < -0.39 is 0 Å². The first kappa shape index (κ1) is 6.95. The van der Waals surface area contributed by atoms with Crippen molar-refractivity contribution in [3.05, 3.63) is 0 Å². The normalized spacial score (nSPS) is 29.7. The van der Waals surface area contributed by atoms with Gasteiger partial charge >= 0.3 is 0 Å². The van der Waals surface area contributed by atoms with Crippen LogP contribution in [-0.2, 0) is 0 Å². The van der Waals surface area contributed by atoms with Crippen LogP contribution >= 0.6 is 11.9 Å². The summed E-state index contributed by atoms with van der Waals surface area (Å²) in [6.07, 6.45) is 4.31. The van der Waals surface area contributed by atoms with Gasteiger partial charge in [0.25, 0.3) is 0 Å². The summed E-state index contributed by atoms with van der Waals surface area (Å²) in [6, 6.07) is 0.934. The molecule has 2 fully saturated rings. The van der Waals surface area contributed by atoms with Gasteiger partial charge in [-0.2, -0.15) is 0 Å². The molecule has 1 aliphatic heterocycles. The second kappa shape index (κ2) is 2.72. The van der Waals surface area contributed by atoms with Crippen LogP contribution in [0.25, 0.3) is 0 Å². The third kappa shape index (κ3) is 1.06. The fourth-order valence-corrected chi connectivity index (χ4v) is 2.16. The van der Waals surface area contributed by atoms with Crippen molar-refractivity contribution >= 4 is 11.9 Å². The van der Waals surface area contributed by atoms with Crippen molar-refractivity contribution in [1.82, 2.24) is 4.90 Å². The standard InChI is InChI=1S/C7H14N2S/c8-10-7-4-9(5-7)6-2-1-3-6/h6-7H,1-5,8H2. The lowest BCUT2D eigenvalue weighted by Crippen LogP contribution is -2.56. The van der Waals surface area contributed by atoms with Gasteiger partial charge in [-0.3, -0.25) is 10.0 Å². The SMILES string of the molecule is NSC1CN(C2CCC2)C1. The Hall–Kier alpha value is 0.270. The minimum atomic E-state index is 0.737. The zero-order chi connectivity index (χ0) is 6.97. The maximum atomic E-state index is 5.45. The lowest BCUT2D eigenvalue weighted by Gasteiger charge is -2.47. The topological polar surface area (TPSA) is 29.3 Å². The summed E-state index contributed by atoms with van der Waals surface area (Å²) in [4.78, 5) is 2.56. The maximum absolute atomic E-state index is 5.45. The first-order chi connectivity index (χ1) is 4.90. The van der Waals surface area contributed by atoms with Crippen molar-refractivity contribution in [2.24, 2.45) is 5.14 Å². The van der Waals surface area contributed by atoms with Gasteiger partial charge in [-0.05, 0) is 12.8 Å². The van der Waals surface area contributed by atoms with Crippen LogP contribution in [0, 0.1) is 0 Å². The molecule has 0 aromatic rings. The van der Waals surface area contributed by atoms with E-state index in [4.69, 9.17) is 5.14 Å². The highest BCUT2D eigenvalue weighted by Crippen LogP contribution is 2.30. The molecule has 1 saturated carbocycles. The van der Waals surface area contributed by atoms with E-state index in [1.165, 1.54) is 44.3 Å². The Kier molecular flexibility index (Phi) is 1.89. The van der Waals surface area contributed by atoms with E-state index in [1.54, 1.807) is 0 Å². The Morgan fingerprint density at radius 3 is 2.40 bits per heavy atom. The van der Waals surface area contributed by atoms with E-state index in [0.29, 0.717) is 0 Å². The molecule has 2 nitrogen and oxygen atoms in total. The number of nitrogens with zero attached hydrogens (tertiary/aromatic N) is 1. The van der Waals surface area contributed by atoms with Gasteiger partial charge in [0.1, 0.15) is 0 Å². The first-order valence-electron chi connectivity index (χ1n) is 4.00. The van der Waals surface area contributed by atoms with Gasteiger partial charge in [-0.15, -0.1) is 0 Å². The molecular formula is C7H14N2S. The van der Waals surface area contributed by atoms with Crippen LogP contribution in [0.5, 0.6) is 0 Å². The molecule has 2 N–H and O–H groups in total. The van der Waals surface area contributed by atoms with Crippen molar-refractivity contribution in [1.29, 1.82) is 0 Å². The molecule has 1 aliphatic carbocycles. The predicted molar refractivity (Wildman–Crippen MR) is 44.8 cm³/mol. The zero-order valence-electron chi connectivity index (χ0n) is 6.12. The molecule has 10 heavy (non-hydrogen) atoms. The predicted octanol–water partition coefficient (Wildman–Crippen LogP) is 0.830. The highest BCUT2D eigenvalue weighted by atomic mass is 32.2. The van der Waals surface area contributed by atoms with Crippen LogP contribution in [0.15, 0.2) is 0 Å². The molecule has 0 amide bonds. The molecule has 1 heterocycles. The molecule has 2 rings (SSSR count). The Labute approximate surface area is 66.3 Å². The zero-order valence-corrected chi connectivity index (χ0v) is 6.94. The van der Waals surface area contributed by atoms with Crippen LogP contribution in [-0.4, -0.2) is 29.3 Å². The molecule has 0 unspecified atom stereocenters. The van der Waals surface area contributed by atoms with Crippen molar-refractivity contribution < 1.29 is 0 Å². The Morgan fingerprint density at radius 2 is 2.00 bits per heavy atom. The Balaban J connectivity index is 1.69. The summed E-state index contributed by atoms with van der Waals surface area (Å²) in [6.45, 7) is 2.48. The largest absolute Gasteiger partial charge is 0.298 e. The second-order valence-electron chi connectivity index (χ2n) is 3.30. The number of rotatable bonds is 2. The number of hydrogen-bond donors (Lipinski definition) is 1. The second-order valence-corrected chi connectivity index (χ2v) is 4.24. The molecule has 0 aromatic carbocycles. The van der Waals surface area contributed by atoms with Crippen LogP contribution in [0.1, 0.15) is 19.3 Å². The summed E-state index contributed by atoms with van der Waals surface area (Å²) in [7, 11) is 0. The number of hydrogen-bond acceptors (Lipinski definition) is 3. The molecule has 0 bridgehead atoms. The van der Waals surface area contributed by atoms with Crippen molar-refractivity contribution in [2.45, 2.75) is 30.6 Å². The minimum Gasteiger partial charge on any atom is -0.298 e. The van der Waals surface area contributed by atoms with Gasteiger partial charge in [0, 0.05) is 24.4 Å². The van der Waals surface area contributed by atoms with E-state index >= 15 is 0 Å². The van der Waals surface area contributed by atoms with Gasteiger partial charge in [0.2, 0.25) is 0 Å². The lowest BCUT2D eigenvalue weighted by molar-refractivity contribution is 0.0734. The summed E-state index contributed by atoms with van der Waals surface area (Å²) in [5, 5.41) is 6.18. The minimum absolute atomic E-state index is 0.737. The third-order valence-electron chi connectivity index (χ3n) is 2.66. The van der Waals surface area contributed by atoms with E-state index in [-0.39, 0.29) is 0 Å². The molecule has 2 aliphatic rings. The average Bonchev–Trinajstić information content (AvgIpc) is 1.72. The van der Waals surface area contributed by atoms with Crippen LogP contribution in [0.2, 0.25) is 0 Å². The molecule has 58 valence electrons. The van der Waals surface area contributed by atoms with Crippen LogP contribution in [0.4, 0.5) is 0 Å². The number of likely N-dealkylation sites (tertiary alicyclic amines) is 1. The lowest BCUT2D eigenvalue weighted by atomic mass is 9.89. The highest BCUT2D eigenvalue weighted by Gasteiger charge is 2.34. The fourth-order valence-electron chi connectivity index (χ4n) is 1.61. The molecule has 1 saturated heterocycles. The number of nitrogens with two attached hydrogens (primary N) is 1. The van der Waals surface area contributed by atoms with Crippen LogP contribution < -0.4 is 5.14 Å². The van der Waals surface area contributed by atoms with Gasteiger partial charge in [-0.1, -0.05) is 18.4 Å². The summed E-state index contributed by atoms with van der Waals surface area (Å²) in [5.41, 5.74) is 0. The van der Waals surface area contributed by atoms with E-state index in [2.05, 4.69) is 4.90 Å². The molecule has 0 aromatic heterocycles. The monoisotopic (exact) mass is 158 g/mol. The smallest absolute Gasteiger partial charge is 0.0445 e. The average molecular weight is 158 g/mol. The van der Waals surface area contributed by atoms with Crippen molar-refractivity contribution in [3.8, 4) is 0 Å². The van der Waals surface area contributed by atoms with Gasteiger partial charge in [0.05, 0.1) is 0 Å². The van der Waals surface area contributed by atoms with Gasteiger partial charge < -0.3 is 0 Å². The molecule has 0 atom stereocenters. The van der Waals surface area contributed by atoms with Crippen molar-refractivity contribution in [2.75, 3.05) is 13.1 Å². The summed E-state index contributed by atoms with van der Waals surface area (Å²) >= 11 is 1.53. The van der Waals surface area contributed by atoms with Crippen molar-refractivity contribution in [3.63, 3.8) is 0 Å². The quantitative estimate of drug-likeness (QED) is 0.604.